The van der Waals surface area contributed by atoms with Gasteiger partial charge in [-0.2, -0.15) is 4.74 Å². The van der Waals surface area contributed by atoms with Gasteiger partial charge in [0.1, 0.15) is 5.54 Å². The van der Waals surface area contributed by atoms with Crippen molar-refractivity contribution in [3.05, 3.63) is 5.21 Å². The number of rotatable bonds is 1. The average Bonchev–Trinajstić information content (AvgIpc) is 2.23. The van der Waals surface area contributed by atoms with Crippen LogP contribution in [0.2, 0.25) is 0 Å². The minimum Gasteiger partial charge on any atom is -0.622 e. The molecule has 0 aromatic rings. The fourth-order valence-electron chi connectivity index (χ4n) is 2.00. The Bertz CT molecular complexity index is 373. The summed E-state index contributed by atoms with van der Waals surface area (Å²) in [6.07, 6.45) is 1.73. The molecule has 4 nitrogen and oxygen atoms in total. The minimum absolute atomic E-state index is 0.158. The van der Waals surface area contributed by atoms with Gasteiger partial charge < -0.3 is 5.21 Å². The first-order valence-corrected chi connectivity index (χ1v) is 6.04. The van der Waals surface area contributed by atoms with Gasteiger partial charge in [-0.25, -0.2) is 4.90 Å². The van der Waals surface area contributed by atoms with Crippen molar-refractivity contribution < 1.29 is 4.74 Å². The molecule has 0 aliphatic carbocycles. The number of nitrogens with zero attached hydrogens (tertiary/aromatic N) is 3. The Balaban J connectivity index is 3.22. The summed E-state index contributed by atoms with van der Waals surface area (Å²) < 4.78 is 1.07. The predicted molar refractivity (Wildman–Crippen MR) is 72.8 cm³/mol. The van der Waals surface area contributed by atoms with Crippen molar-refractivity contribution in [3.8, 4) is 0 Å². The van der Waals surface area contributed by atoms with Gasteiger partial charge in [-0.3, -0.25) is 4.99 Å². The molecule has 98 valence electrons. The second-order valence-electron chi connectivity index (χ2n) is 6.72. The lowest BCUT2D eigenvalue weighted by molar-refractivity contribution is -0.555. The summed E-state index contributed by atoms with van der Waals surface area (Å²) in [5.74, 6) is 0. The van der Waals surface area contributed by atoms with E-state index in [1.54, 1.807) is 6.21 Å². The highest BCUT2D eigenvalue weighted by Crippen LogP contribution is 2.31. The van der Waals surface area contributed by atoms with E-state index in [0.29, 0.717) is 0 Å². The highest BCUT2D eigenvalue weighted by molar-refractivity contribution is 6.32. The Morgan fingerprint density at radius 3 is 2.00 bits per heavy atom. The monoisotopic (exact) mass is 239 g/mol. The maximum Gasteiger partial charge on any atom is 0.226 e. The van der Waals surface area contributed by atoms with Crippen molar-refractivity contribution in [1.29, 1.82) is 0 Å². The Morgan fingerprint density at radius 2 is 1.71 bits per heavy atom. The van der Waals surface area contributed by atoms with Gasteiger partial charge in [0, 0.05) is 13.8 Å². The first kappa shape index (κ1) is 14.2. The van der Waals surface area contributed by atoms with Gasteiger partial charge in [0.15, 0.2) is 0 Å². The van der Waals surface area contributed by atoms with Gasteiger partial charge in [0.25, 0.3) is 0 Å². The molecule has 0 atom stereocenters. The van der Waals surface area contributed by atoms with Crippen LogP contribution in [0.5, 0.6) is 0 Å². The molecular formula is C13H25N3O. The molecular weight excluding hydrogens is 214 g/mol. The Morgan fingerprint density at radius 1 is 1.24 bits per heavy atom. The maximum absolute atomic E-state index is 12.3. The van der Waals surface area contributed by atoms with Crippen LogP contribution in [0, 0.1) is 5.21 Å². The topological polar surface area (TPSA) is 41.7 Å². The molecule has 1 aliphatic heterocycles. The number of hydroxylamine groups is 1. The molecule has 0 amide bonds. The normalized spacial score (nSPS) is 24.9. The third-order valence-corrected chi connectivity index (χ3v) is 3.58. The summed E-state index contributed by atoms with van der Waals surface area (Å²) in [5.41, 5.74) is -0.252. The molecule has 4 heteroatoms. The summed E-state index contributed by atoms with van der Waals surface area (Å²) in [5, 5.41) is 12.3. The van der Waals surface area contributed by atoms with Crippen LogP contribution in [0.3, 0.4) is 0 Å². The van der Waals surface area contributed by atoms with Gasteiger partial charge in [0.05, 0.1) is 11.8 Å². The van der Waals surface area contributed by atoms with Crippen LogP contribution in [0.1, 0.15) is 48.5 Å². The van der Waals surface area contributed by atoms with E-state index in [4.69, 9.17) is 0 Å². The lowest BCUT2D eigenvalue weighted by Gasteiger charge is -2.32. The third-order valence-electron chi connectivity index (χ3n) is 3.58. The lowest BCUT2D eigenvalue weighted by Crippen LogP contribution is -2.51. The van der Waals surface area contributed by atoms with Crippen LogP contribution in [-0.4, -0.2) is 45.4 Å². The molecule has 0 fully saturated rings. The molecule has 0 unspecified atom stereocenters. The summed E-state index contributed by atoms with van der Waals surface area (Å²) >= 11 is 0. The predicted octanol–water partition coefficient (Wildman–Crippen LogP) is 2.27. The number of aliphatic imine (C=N–C) groups is 1. The number of hydrogen-bond acceptors (Lipinski definition) is 3. The van der Waals surface area contributed by atoms with Crippen LogP contribution in [0.4, 0.5) is 0 Å². The van der Waals surface area contributed by atoms with Crippen molar-refractivity contribution in [2.75, 3.05) is 7.05 Å². The fourth-order valence-corrected chi connectivity index (χ4v) is 2.00. The molecule has 0 saturated carbocycles. The van der Waals surface area contributed by atoms with Gasteiger partial charge in [-0.05, 0) is 41.7 Å². The van der Waals surface area contributed by atoms with Crippen molar-refractivity contribution >= 4 is 11.9 Å². The van der Waals surface area contributed by atoms with Crippen molar-refractivity contribution in [2.24, 2.45) is 4.99 Å². The largest absolute Gasteiger partial charge is 0.622 e. The minimum atomic E-state index is -0.525. The van der Waals surface area contributed by atoms with E-state index >= 15 is 0 Å². The molecule has 0 bridgehead atoms. The summed E-state index contributed by atoms with van der Waals surface area (Å²) in [6.45, 7) is 14.0. The number of hydrogen-bond donors (Lipinski definition) is 0. The highest BCUT2D eigenvalue weighted by Gasteiger charge is 2.53. The Hall–Kier alpha value is -0.900. The van der Waals surface area contributed by atoms with E-state index in [-0.39, 0.29) is 11.1 Å². The molecule has 0 N–H and O–H groups in total. The molecule has 0 aromatic heterocycles. The second kappa shape index (κ2) is 3.80. The van der Waals surface area contributed by atoms with E-state index in [9.17, 15) is 5.21 Å². The van der Waals surface area contributed by atoms with E-state index in [0.717, 1.165) is 10.5 Å². The van der Waals surface area contributed by atoms with Crippen LogP contribution in [0.15, 0.2) is 4.99 Å². The van der Waals surface area contributed by atoms with Gasteiger partial charge >= 0.3 is 0 Å². The van der Waals surface area contributed by atoms with E-state index in [1.807, 2.05) is 41.7 Å². The molecule has 0 spiro atoms. The van der Waals surface area contributed by atoms with Gasteiger partial charge in [-0.1, -0.05) is 0 Å². The van der Waals surface area contributed by atoms with E-state index < -0.39 is 5.66 Å². The van der Waals surface area contributed by atoms with Crippen LogP contribution < -0.4 is 0 Å². The lowest BCUT2D eigenvalue weighted by atomic mass is 9.97. The van der Waals surface area contributed by atoms with Crippen molar-refractivity contribution in [2.45, 2.75) is 65.2 Å². The zero-order chi connectivity index (χ0) is 13.6. The van der Waals surface area contributed by atoms with E-state index in [2.05, 4.69) is 23.7 Å². The van der Waals surface area contributed by atoms with E-state index in [1.165, 1.54) is 0 Å². The van der Waals surface area contributed by atoms with Crippen molar-refractivity contribution in [3.63, 3.8) is 0 Å². The highest BCUT2D eigenvalue weighted by atomic mass is 16.5. The SMILES string of the molecule is CN1C(C)(C)C(C=NC(C)(C)C)=[N+]([O-])C1(C)C. The molecule has 1 heterocycles. The quantitative estimate of drug-likeness (QED) is 0.400. The van der Waals surface area contributed by atoms with Gasteiger partial charge in [0.2, 0.25) is 11.4 Å². The third kappa shape index (κ3) is 2.37. The van der Waals surface area contributed by atoms with Crippen molar-refractivity contribution in [1.82, 2.24) is 4.90 Å². The first-order valence-electron chi connectivity index (χ1n) is 6.04. The van der Waals surface area contributed by atoms with Crippen LogP contribution >= 0.6 is 0 Å². The van der Waals surface area contributed by atoms with Crippen LogP contribution in [-0.2, 0) is 0 Å². The first-order chi connectivity index (χ1) is 7.40. The Labute approximate surface area is 105 Å². The standard InChI is InChI=1S/C13H25N3O/c1-11(2,3)14-9-10-12(4,5)15(8)13(6,7)16(10)17/h9H,1-8H3. The summed E-state index contributed by atoms with van der Waals surface area (Å²) in [4.78, 5) is 6.53. The molecule has 0 saturated heterocycles. The molecule has 1 aliphatic rings. The van der Waals surface area contributed by atoms with Gasteiger partial charge in [-0.15, -0.1) is 0 Å². The molecule has 1 rings (SSSR count). The molecule has 0 aromatic carbocycles. The summed E-state index contributed by atoms with van der Waals surface area (Å²) in [7, 11) is 1.98. The van der Waals surface area contributed by atoms with Crippen LogP contribution in [0.25, 0.3) is 0 Å². The second-order valence-corrected chi connectivity index (χ2v) is 6.72. The molecule has 17 heavy (non-hydrogen) atoms. The molecule has 0 radical (unpaired) electrons. The average molecular weight is 239 g/mol. The smallest absolute Gasteiger partial charge is 0.226 e. The fraction of sp³-hybridized carbons (Fsp3) is 0.846. The zero-order valence-corrected chi connectivity index (χ0v) is 12.3. The summed E-state index contributed by atoms with van der Waals surface area (Å²) in [6, 6.07) is 0. The zero-order valence-electron chi connectivity index (χ0n) is 12.3. The maximum atomic E-state index is 12.3. The Kier molecular flexibility index (Phi) is 3.17.